The van der Waals surface area contributed by atoms with E-state index in [9.17, 15) is 18.5 Å². The number of methoxy groups -OCH3 is 1. The maximum atomic E-state index is 12.1. The number of nitrogens with zero attached hydrogens (tertiary/aromatic N) is 2. The van der Waals surface area contributed by atoms with Crippen LogP contribution < -0.4 is 15.4 Å². The Balaban J connectivity index is 0.00000576. The molecule has 0 amide bonds. The molecule has 0 spiro atoms. The third-order valence-corrected chi connectivity index (χ3v) is 4.33. The number of nitro benzene ring substituents is 1. The molecule has 0 fully saturated rings. The van der Waals surface area contributed by atoms with Gasteiger partial charge in [0.1, 0.15) is 0 Å². The van der Waals surface area contributed by atoms with E-state index >= 15 is 0 Å². The van der Waals surface area contributed by atoms with Crippen LogP contribution in [0.25, 0.3) is 0 Å². The highest BCUT2D eigenvalue weighted by Gasteiger charge is 2.16. The second kappa shape index (κ2) is 11.9. The lowest BCUT2D eigenvalue weighted by molar-refractivity contribution is -0.385. The van der Waals surface area contributed by atoms with Crippen LogP contribution in [-0.4, -0.2) is 59.7 Å². The molecule has 0 atom stereocenters. The Hall–Kier alpha value is -1.51. The van der Waals surface area contributed by atoms with E-state index < -0.39 is 14.9 Å². The average Bonchev–Trinajstić information content (AvgIpc) is 2.57. The zero-order chi connectivity index (χ0) is 18.0. The molecule has 1 aromatic carbocycles. The van der Waals surface area contributed by atoms with Gasteiger partial charge in [-0.15, -0.1) is 24.0 Å². The van der Waals surface area contributed by atoms with Crippen LogP contribution in [0.1, 0.15) is 0 Å². The van der Waals surface area contributed by atoms with Crippen molar-refractivity contribution in [3.8, 4) is 0 Å². The number of benzene rings is 1. The predicted molar refractivity (Wildman–Crippen MR) is 105 cm³/mol. The minimum atomic E-state index is -3.82. The Morgan fingerprint density at radius 1 is 1.28 bits per heavy atom. The fraction of sp³-hybridized carbons (Fsp3) is 0.462. The van der Waals surface area contributed by atoms with Gasteiger partial charge in [0.15, 0.2) is 5.96 Å². The number of hydrogen-bond acceptors (Lipinski definition) is 6. The number of rotatable bonds is 9. The number of guanidine groups is 1. The molecule has 25 heavy (non-hydrogen) atoms. The van der Waals surface area contributed by atoms with E-state index in [0.29, 0.717) is 25.7 Å². The molecule has 0 aliphatic heterocycles. The zero-order valence-corrected chi connectivity index (χ0v) is 17.0. The topological polar surface area (TPSA) is 135 Å². The molecule has 0 saturated carbocycles. The predicted octanol–water partition coefficient (Wildman–Crippen LogP) is 0.302. The molecule has 0 heterocycles. The minimum absolute atomic E-state index is 0. The molecule has 10 nitrogen and oxygen atoms in total. The molecule has 12 heteroatoms. The van der Waals surface area contributed by atoms with Crippen LogP contribution in [0.15, 0.2) is 34.2 Å². The maximum Gasteiger partial charge on any atom is 0.270 e. The van der Waals surface area contributed by atoms with Gasteiger partial charge in [0.2, 0.25) is 10.0 Å². The van der Waals surface area contributed by atoms with E-state index in [2.05, 4.69) is 20.3 Å². The highest BCUT2D eigenvalue weighted by molar-refractivity contribution is 14.0. The van der Waals surface area contributed by atoms with E-state index in [0.717, 1.165) is 6.07 Å². The number of hydrogen-bond donors (Lipinski definition) is 3. The molecule has 3 N–H and O–H groups in total. The standard InChI is InChI=1S/C13H21N5O5S.HI/c1-14-13(16-8-9-23-2)15-6-7-17-24(21,22)12-5-3-4-11(10-12)18(19)20;/h3-5,10,17H,6-9H2,1-2H3,(H2,14,15,16);1H. The summed E-state index contributed by atoms with van der Waals surface area (Å²) in [6, 6.07) is 4.87. The van der Waals surface area contributed by atoms with Crippen molar-refractivity contribution in [2.75, 3.05) is 40.4 Å². The summed E-state index contributed by atoms with van der Waals surface area (Å²) in [4.78, 5) is 13.9. The van der Waals surface area contributed by atoms with Crippen molar-refractivity contribution in [2.45, 2.75) is 4.90 Å². The average molecular weight is 487 g/mol. The summed E-state index contributed by atoms with van der Waals surface area (Å²) in [5.74, 6) is 0.515. The van der Waals surface area contributed by atoms with Crippen LogP contribution in [0, 0.1) is 10.1 Å². The van der Waals surface area contributed by atoms with Gasteiger partial charge < -0.3 is 15.4 Å². The largest absolute Gasteiger partial charge is 0.383 e. The van der Waals surface area contributed by atoms with Gasteiger partial charge >= 0.3 is 0 Å². The second-order valence-corrected chi connectivity index (χ2v) is 6.34. The van der Waals surface area contributed by atoms with E-state index in [4.69, 9.17) is 4.74 Å². The Kier molecular flexibility index (Phi) is 11.2. The number of nitro groups is 1. The van der Waals surface area contributed by atoms with Crippen LogP contribution >= 0.6 is 24.0 Å². The zero-order valence-electron chi connectivity index (χ0n) is 13.9. The van der Waals surface area contributed by atoms with Crippen molar-refractivity contribution >= 4 is 45.6 Å². The highest BCUT2D eigenvalue weighted by Crippen LogP contribution is 2.16. The van der Waals surface area contributed by atoms with Crippen molar-refractivity contribution in [3.05, 3.63) is 34.4 Å². The molecule has 0 saturated heterocycles. The molecule has 0 aromatic heterocycles. The van der Waals surface area contributed by atoms with Gasteiger partial charge in [0, 0.05) is 45.9 Å². The lowest BCUT2D eigenvalue weighted by Gasteiger charge is -2.12. The Labute approximate surface area is 163 Å². The smallest absolute Gasteiger partial charge is 0.270 e. The van der Waals surface area contributed by atoms with Crippen LogP contribution in [0.4, 0.5) is 5.69 Å². The molecule has 0 radical (unpaired) electrons. The summed E-state index contributed by atoms with van der Waals surface area (Å²) in [5, 5.41) is 16.6. The van der Waals surface area contributed by atoms with Crippen molar-refractivity contribution in [1.82, 2.24) is 15.4 Å². The number of non-ortho nitro benzene ring substituents is 1. The van der Waals surface area contributed by atoms with E-state index in [1.54, 1.807) is 14.2 Å². The molecule has 0 aliphatic rings. The third kappa shape index (κ3) is 8.42. The van der Waals surface area contributed by atoms with Gasteiger partial charge in [-0.1, -0.05) is 6.07 Å². The summed E-state index contributed by atoms with van der Waals surface area (Å²) in [6.45, 7) is 1.46. The van der Waals surface area contributed by atoms with Crippen LogP contribution in [0.2, 0.25) is 0 Å². The van der Waals surface area contributed by atoms with Crippen LogP contribution in [0.3, 0.4) is 0 Å². The lowest BCUT2D eigenvalue weighted by atomic mass is 10.3. The summed E-state index contributed by atoms with van der Waals surface area (Å²) in [7, 11) is -0.640. The van der Waals surface area contributed by atoms with Crippen molar-refractivity contribution in [1.29, 1.82) is 0 Å². The van der Waals surface area contributed by atoms with E-state index in [-0.39, 0.29) is 41.1 Å². The molecular formula is C13H22IN5O5S. The third-order valence-electron chi connectivity index (χ3n) is 2.87. The van der Waals surface area contributed by atoms with Crippen LogP contribution in [0.5, 0.6) is 0 Å². The molecular weight excluding hydrogens is 465 g/mol. The molecule has 0 unspecified atom stereocenters. The first-order valence-corrected chi connectivity index (χ1v) is 8.56. The fourth-order valence-corrected chi connectivity index (χ4v) is 2.78. The molecule has 0 bridgehead atoms. The fourth-order valence-electron chi connectivity index (χ4n) is 1.71. The molecule has 1 rings (SSSR count). The van der Waals surface area contributed by atoms with Crippen molar-refractivity contribution in [2.24, 2.45) is 4.99 Å². The monoisotopic (exact) mass is 487 g/mol. The molecule has 0 aliphatic carbocycles. The first kappa shape index (κ1) is 23.5. The Morgan fingerprint density at radius 3 is 2.56 bits per heavy atom. The van der Waals surface area contributed by atoms with Crippen LogP contribution in [-0.2, 0) is 14.8 Å². The first-order valence-electron chi connectivity index (χ1n) is 7.08. The van der Waals surface area contributed by atoms with Gasteiger partial charge in [0.25, 0.3) is 5.69 Å². The minimum Gasteiger partial charge on any atom is -0.383 e. The quantitative estimate of drug-likeness (QED) is 0.114. The number of nitrogens with one attached hydrogen (secondary N) is 3. The summed E-state index contributed by atoms with van der Waals surface area (Å²) < 4.78 is 31.5. The summed E-state index contributed by atoms with van der Waals surface area (Å²) in [5.41, 5.74) is -0.279. The maximum absolute atomic E-state index is 12.1. The summed E-state index contributed by atoms with van der Waals surface area (Å²) in [6.07, 6.45) is 0. The lowest BCUT2D eigenvalue weighted by Crippen LogP contribution is -2.42. The van der Waals surface area contributed by atoms with E-state index in [1.165, 1.54) is 18.2 Å². The molecule has 142 valence electrons. The second-order valence-electron chi connectivity index (χ2n) is 4.57. The Morgan fingerprint density at radius 2 is 1.96 bits per heavy atom. The van der Waals surface area contributed by atoms with Gasteiger partial charge in [-0.3, -0.25) is 15.1 Å². The van der Waals surface area contributed by atoms with Gasteiger partial charge in [-0.25, -0.2) is 13.1 Å². The van der Waals surface area contributed by atoms with Gasteiger partial charge in [0.05, 0.1) is 16.4 Å². The van der Waals surface area contributed by atoms with Gasteiger partial charge in [-0.2, -0.15) is 0 Å². The van der Waals surface area contributed by atoms with Gasteiger partial charge in [-0.05, 0) is 6.07 Å². The molecule has 1 aromatic rings. The number of sulfonamides is 1. The number of ether oxygens (including phenoxy) is 1. The van der Waals surface area contributed by atoms with E-state index in [1.807, 2.05) is 0 Å². The van der Waals surface area contributed by atoms with Crippen molar-refractivity contribution in [3.63, 3.8) is 0 Å². The summed E-state index contributed by atoms with van der Waals surface area (Å²) >= 11 is 0. The first-order chi connectivity index (χ1) is 11.4. The normalized spacial score (nSPS) is 11.5. The van der Waals surface area contributed by atoms with Crippen molar-refractivity contribution < 1.29 is 18.1 Å². The highest BCUT2D eigenvalue weighted by atomic mass is 127. The number of halogens is 1. The Bertz CT molecular complexity index is 683. The SMILES string of the molecule is CN=C(NCCNS(=O)(=O)c1cccc([N+](=O)[O-])c1)NCCOC.I. The number of aliphatic imine (C=N–C) groups is 1.